The van der Waals surface area contributed by atoms with Crippen molar-refractivity contribution >= 4 is 10.3 Å². The second-order valence-corrected chi connectivity index (χ2v) is 4.59. The molecule has 0 N–H and O–H groups in total. The molecule has 0 amide bonds. The van der Waals surface area contributed by atoms with E-state index >= 15 is 0 Å². The van der Waals surface area contributed by atoms with E-state index in [0.29, 0.717) is 5.76 Å². The summed E-state index contributed by atoms with van der Waals surface area (Å²) < 4.78 is 37.4. The molecule has 0 saturated carbocycles. The summed E-state index contributed by atoms with van der Waals surface area (Å²) in [6.07, 6.45) is 4.46. The smallest absolute Gasteiger partial charge is 0.259 e. The second-order valence-electron chi connectivity index (χ2n) is 3.01. The summed E-state index contributed by atoms with van der Waals surface area (Å²) in [4.78, 5) is 0. The number of quaternary nitrogens is 1. The molecule has 0 aromatic rings. The summed E-state index contributed by atoms with van der Waals surface area (Å²) in [5, 5.41) is 0. The Kier molecular flexibility index (Phi) is 2.98. The minimum atomic E-state index is -4.37. The van der Waals surface area contributed by atoms with Crippen LogP contribution in [0.25, 0.3) is 0 Å². The molecule has 14 heavy (non-hydrogen) atoms. The van der Waals surface area contributed by atoms with E-state index in [1.807, 2.05) is 0 Å². The van der Waals surface area contributed by atoms with Gasteiger partial charge in [-0.3, -0.25) is 0 Å². The monoisotopic (exact) mass is 219 g/mol. The van der Waals surface area contributed by atoms with Crippen LogP contribution in [-0.2, 0) is 15.0 Å². The minimum absolute atomic E-state index is 0.127. The third-order valence-electron chi connectivity index (χ3n) is 2.33. The molecule has 0 radical (unpaired) electrons. The van der Waals surface area contributed by atoms with Crippen molar-refractivity contribution in [2.24, 2.45) is 0 Å². The number of methoxy groups -OCH3 is 1. The number of allylic oxidation sites excluding steroid dienone is 1. The molecule has 1 aliphatic heterocycles. The maximum atomic E-state index is 11.0. The molecule has 0 aromatic carbocycles. The lowest BCUT2D eigenvalue weighted by Crippen LogP contribution is -2.48. The van der Waals surface area contributed by atoms with E-state index < -0.39 is 14.2 Å². The molecule has 1 rings (SSSR count). The van der Waals surface area contributed by atoms with Crippen LogP contribution >= 0.6 is 0 Å². The van der Waals surface area contributed by atoms with E-state index in [0.717, 1.165) is 0 Å². The molecule has 0 aliphatic carbocycles. The zero-order chi connectivity index (χ0) is 10.8. The second kappa shape index (κ2) is 3.72. The summed E-state index contributed by atoms with van der Waals surface area (Å²) in [6, 6.07) is 0. The Morgan fingerprint density at radius 2 is 2.29 bits per heavy atom. The third kappa shape index (κ3) is 1.82. The minimum Gasteiger partial charge on any atom is -0.701 e. The van der Waals surface area contributed by atoms with Crippen molar-refractivity contribution in [1.29, 1.82) is 0 Å². The lowest BCUT2D eigenvalue weighted by atomic mass is 10.3. The molecule has 0 bridgehead atoms. The predicted octanol–water partition coefficient (Wildman–Crippen LogP) is 0.341. The van der Waals surface area contributed by atoms with Gasteiger partial charge in [0.15, 0.2) is 0 Å². The van der Waals surface area contributed by atoms with Crippen molar-refractivity contribution < 1.29 is 21.6 Å². The molecule has 0 spiro atoms. The van der Waals surface area contributed by atoms with Crippen LogP contribution in [0.5, 0.6) is 0 Å². The van der Waals surface area contributed by atoms with Gasteiger partial charge in [-0.15, -0.1) is 0 Å². The van der Waals surface area contributed by atoms with Crippen LogP contribution in [0.15, 0.2) is 24.1 Å². The van der Waals surface area contributed by atoms with Crippen molar-refractivity contribution in [1.82, 2.24) is 0 Å². The number of likely N-dealkylation sites (N-methyl/N-ethyl adjacent to an activating group) is 1. The van der Waals surface area contributed by atoms with Crippen LogP contribution in [0.1, 0.15) is 6.92 Å². The van der Waals surface area contributed by atoms with Crippen molar-refractivity contribution in [3.8, 4) is 0 Å². The van der Waals surface area contributed by atoms with Gasteiger partial charge in [-0.1, -0.05) is 0 Å². The fraction of sp³-hybridized carbons (Fsp3) is 0.500. The molecule has 1 atom stereocenters. The van der Waals surface area contributed by atoms with Gasteiger partial charge in [0.05, 0.1) is 13.7 Å². The van der Waals surface area contributed by atoms with Crippen molar-refractivity contribution in [2.45, 2.75) is 6.92 Å². The predicted molar refractivity (Wildman–Crippen MR) is 49.6 cm³/mol. The maximum absolute atomic E-state index is 11.0. The van der Waals surface area contributed by atoms with Gasteiger partial charge in [0.1, 0.15) is 18.5 Å². The highest BCUT2D eigenvalue weighted by atomic mass is 32.2. The molecular weight excluding hydrogens is 206 g/mol. The molecule has 6 heteroatoms. The van der Waals surface area contributed by atoms with Gasteiger partial charge in [-0.05, 0) is 6.92 Å². The first-order valence-electron chi connectivity index (χ1n) is 4.21. The first-order chi connectivity index (χ1) is 6.45. The van der Waals surface area contributed by atoms with Gasteiger partial charge in [0.2, 0.25) is 0 Å². The highest BCUT2D eigenvalue weighted by molar-refractivity contribution is 7.80. The summed E-state index contributed by atoms with van der Waals surface area (Å²) in [6.45, 7) is 2.00. The summed E-state index contributed by atoms with van der Waals surface area (Å²) >= 11 is 0. The standard InChI is InChI=1S/C8H13NO4S/c1-3-9(14(10,11)12)6-4-8(13-2)5-7-9/h4-6H,3,7H2,1-2H3. The summed E-state index contributed by atoms with van der Waals surface area (Å²) in [7, 11) is -2.87. The SMILES string of the molecule is CC[N+]1(S(=O)(=O)[O-])C=CC(OC)=CC1. The first kappa shape index (κ1) is 11.2. The molecule has 0 fully saturated rings. The zero-order valence-electron chi connectivity index (χ0n) is 8.13. The Hall–Kier alpha value is -0.850. The van der Waals surface area contributed by atoms with E-state index in [1.165, 1.54) is 19.4 Å². The Bertz CT molecular complexity index is 371. The summed E-state index contributed by atoms with van der Waals surface area (Å²) in [5.74, 6) is 0.579. The average molecular weight is 219 g/mol. The van der Waals surface area contributed by atoms with E-state index in [-0.39, 0.29) is 13.1 Å². The topological polar surface area (TPSA) is 66.4 Å². The highest BCUT2D eigenvalue weighted by Crippen LogP contribution is 2.20. The van der Waals surface area contributed by atoms with Crippen LogP contribution in [0.3, 0.4) is 0 Å². The van der Waals surface area contributed by atoms with Gasteiger partial charge >= 0.3 is 0 Å². The van der Waals surface area contributed by atoms with Crippen molar-refractivity contribution in [2.75, 3.05) is 20.2 Å². The fourth-order valence-electron chi connectivity index (χ4n) is 1.29. The van der Waals surface area contributed by atoms with Crippen molar-refractivity contribution in [3.05, 3.63) is 24.1 Å². The highest BCUT2D eigenvalue weighted by Gasteiger charge is 2.32. The quantitative estimate of drug-likeness (QED) is 0.507. The molecular formula is C8H13NO4S. The first-order valence-corrected chi connectivity index (χ1v) is 5.58. The average Bonchev–Trinajstić information content (AvgIpc) is 2.16. The Morgan fingerprint density at radius 1 is 1.64 bits per heavy atom. The maximum Gasteiger partial charge on any atom is 0.259 e. The lowest BCUT2D eigenvalue weighted by Gasteiger charge is -2.35. The molecule has 1 aliphatic rings. The molecule has 1 heterocycles. The van der Waals surface area contributed by atoms with Crippen LogP contribution in [-0.4, -0.2) is 37.1 Å². The Morgan fingerprint density at radius 3 is 2.57 bits per heavy atom. The van der Waals surface area contributed by atoms with Crippen LogP contribution in [0, 0.1) is 0 Å². The molecule has 0 saturated heterocycles. The normalized spacial score (nSPS) is 27.2. The van der Waals surface area contributed by atoms with E-state index in [9.17, 15) is 13.0 Å². The number of hydrogen-bond acceptors (Lipinski definition) is 4. The lowest BCUT2D eigenvalue weighted by molar-refractivity contribution is -0.749. The van der Waals surface area contributed by atoms with Gasteiger partial charge in [0.25, 0.3) is 10.3 Å². The van der Waals surface area contributed by atoms with E-state index in [4.69, 9.17) is 4.74 Å². The molecule has 80 valence electrons. The van der Waals surface area contributed by atoms with Crippen LogP contribution < -0.4 is 0 Å². The fourth-order valence-corrected chi connectivity index (χ4v) is 2.08. The Balaban J connectivity index is 3.02. The summed E-state index contributed by atoms with van der Waals surface area (Å²) in [5.41, 5.74) is 0. The number of ether oxygens (including phenoxy) is 1. The zero-order valence-corrected chi connectivity index (χ0v) is 8.95. The molecule has 0 aromatic heterocycles. The molecule has 5 nitrogen and oxygen atoms in total. The van der Waals surface area contributed by atoms with E-state index in [1.54, 1.807) is 13.0 Å². The van der Waals surface area contributed by atoms with Crippen LogP contribution in [0.4, 0.5) is 0 Å². The third-order valence-corrected chi connectivity index (χ3v) is 3.75. The van der Waals surface area contributed by atoms with E-state index in [2.05, 4.69) is 0 Å². The number of rotatable bonds is 3. The van der Waals surface area contributed by atoms with Gasteiger partial charge in [0, 0.05) is 12.2 Å². The van der Waals surface area contributed by atoms with Crippen molar-refractivity contribution in [3.63, 3.8) is 0 Å². The Labute approximate surface area is 83.8 Å². The number of nitrogens with zero attached hydrogens (tertiary/aromatic N) is 1. The van der Waals surface area contributed by atoms with Gasteiger partial charge in [-0.25, -0.2) is 0 Å². The molecule has 1 unspecified atom stereocenters. The van der Waals surface area contributed by atoms with Gasteiger partial charge < -0.3 is 9.29 Å². The van der Waals surface area contributed by atoms with Crippen LogP contribution in [0.2, 0.25) is 0 Å². The number of hydrogen-bond donors (Lipinski definition) is 0. The van der Waals surface area contributed by atoms with Gasteiger partial charge in [-0.2, -0.15) is 12.3 Å². The largest absolute Gasteiger partial charge is 0.701 e.